The molecule has 2 saturated heterocycles. The number of nitrogens with zero attached hydrogens (tertiary/aromatic N) is 6. The second-order valence-electron chi connectivity index (χ2n) is 10.5. The van der Waals surface area contributed by atoms with Gasteiger partial charge in [-0.3, -0.25) is 42.3 Å². The van der Waals surface area contributed by atoms with Gasteiger partial charge in [0.2, 0.25) is 11.9 Å². The Morgan fingerprint density at radius 2 is 1.53 bits per heavy atom. The molecule has 4 aromatic heterocycles. The van der Waals surface area contributed by atoms with Crippen molar-refractivity contribution < 1.29 is 42.4 Å². The predicted molar refractivity (Wildman–Crippen MR) is 168 cm³/mol. The molecule has 6 rings (SSSR count). The van der Waals surface area contributed by atoms with E-state index in [-0.39, 0.29) is 34.2 Å². The zero-order valence-corrected chi connectivity index (χ0v) is 27.4. The lowest BCUT2D eigenvalue weighted by atomic mass is 9.97. The highest BCUT2D eigenvalue weighted by molar-refractivity contribution is 8.44. The number of hydrogen-bond donors (Lipinski definition) is 8. The van der Waals surface area contributed by atoms with Crippen LogP contribution in [-0.2, 0) is 32.2 Å². The van der Waals surface area contributed by atoms with Crippen molar-refractivity contribution >= 4 is 74.6 Å². The summed E-state index contributed by atoms with van der Waals surface area (Å²) in [6, 6.07) is 0. The Balaban J connectivity index is 1.19. The first-order valence-corrected chi connectivity index (χ1v) is 17.8. The summed E-state index contributed by atoms with van der Waals surface area (Å²) in [4.78, 5) is 45.5. The number of aromatic nitrogens is 8. The van der Waals surface area contributed by atoms with Crippen LogP contribution in [0, 0.1) is 5.92 Å². The molecule has 2 aliphatic rings. The number of ether oxygens (including phenoxy) is 2. The molecule has 0 aromatic carbocycles. The number of aliphatic hydroxyl groups excluding tert-OH is 2. The number of fused-ring (bicyclic) bond motifs is 2. The van der Waals surface area contributed by atoms with Crippen molar-refractivity contribution in [2.75, 3.05) is 30.4 Å². The van der Waals surface area contributed by atoms with E-state index in [2.05, 4.69) is 54.8 Å². The van der Waals surface area contributed by atoms with Gasteiger partial charge in [0.15, 0.2) is 28.6 Å². The summed E-state index contributed by atoms with van der Waals surface area (Å²) in [7, 11) is -0.704. The molecule has 254 valence electrons. The number of thiol groups is 2. The van der Waals surface area contributed by atoms with E-state index in [9.17, 15) is 28.9 Å². The number of hydrogen-bond acceptors (Lipinski definition) is 18. The third kappa shape index (κ3) is 6.57. The molecule has 21 nitrogen and oxygen atoms in total. The topological polar surface area (TPSA) is 300 Å². The Hall–Kier alpha value is -2.95. The molecular formula is C22H28N10O11P2S2. The van der Waals surface area contributed by atoms with Gasteiger partial charge < -0.3 is 31.2 Å². The van der Waals surface area contributed by atoms with Crippen molar-refractivity contribution in [2.24, 2.45) is 5.92 Å². The average Bonchev–Trinajstić information content (AvgIpc) is 3.77. The summed E-state index contributed by atoms with van der Waals surface area (Å²) in [6.45, 7) is -5.24. The van der Waals surface area contributed by atoms with Crippen molar-refractivity contribution in [3.05, 3.63) is 33.4 Å². The Bertz CT molecular complexity index is 1960. The lowest BCUT2D eigenvalue weighted by molar-refractivity contribution is -0.0479. The molecule has 0 radical (unpaired) electrons. The van der Waals surface area contributed by atoms with Crippen LogP contribution in [0.2, 0.25) is 0 Å². The normalized spacial score (nSPS) is 29.3. The molecule has 9 atom stereocenters. The maximum atomic E-state index is 13.5. The molecule has 2 fully saturated rings. The highest BCUT2D eigenvalue weighted by Crippen LogP contribution is 2.57. The summed E-state index contributed by atoms with van der Waals surface area (Å²) in [5, 5.41) is 22.4. The van der Waals surface area contributed by atoms with Gasteiger partial charge in [-0.15, -0.1) is 0 Å². The van der Waals surface area contributed by atoms with E-state index in [1.807, 2.05) is 0 Å². The van der Waals surface area contributed by atoms with Crippen LogP contribution in [0.1, 0.15) is 18.9 Å². The number of nitrogens with two attached hydrogens (primary N) is 2. The fraction of sp³-hybridized carbons (Fsp3) is 0.545. The molecule has 2 aliphatic heterocycles. The molecule has 4 aromatic rings. The van der Waals surface area contributed by atoms with Crippen molar-refractivity contribution in [1.82, 2.24) is 39.0 Å². The van der Waals surface area contributed by atoms with Crippen LogP contribution in [0.4, 0.5) is 11.9 Å². The predicted octanol–water partition coefficient (Wildman–Crippen LogP) is -0.467. The number of aliphatic hydroxyl groups is 2. The second-order valence-corrected chi connectivity index (χ2v) is 14.3. The molecule has 8 N–H and O–H groups in total. The van der Waals surface area contributed by atoms with Gasteiger partial charge >= 0.3 is 15.5 Å². The first-order valence-electron chi connectivity index (χ1n) is 13.7. The van der Waals surface area contributed by atoms with E-state index >= 15 is 0 Å². The SMILES string of the molecule is Nc1nc2c(ncn2[C@@H]2O[C@H](COP=O)[C@@H](O[P@](=O)(S)OC[C@H]3O[C@@H](n4cnc5c(=O)[nH]c(N)nc54)[C@H](CCS)[C@@H]3O)[C@H]2O)c(=O)[nH]1. The lowest BCUT2D eigenvalue weighted by Crippen LogP contribution is -2.36. The second kappa shape index (κ2) is 13.5. The Labute approximate surface area is 274 Å². The molecule has 47 heavy (non-hydrogen) atoms. The summed E-state index contributed by atoms with van der Waals surface area (Å²) >= 11 is 8.35. The minimum absolute atomic E-state index is 0.00948. The van der Waals surface area contributed by atoms with Gasteiger partial charge in [0, 0.05) is 5.92 Å². The van der Waals surface area contributed by atoms with E-state index in [1.54, 1.807) is 0 Å². The van der Waals surface area contributed by atoms with Crippen LogP contribution in [0.25, 0.3) is 22.3 Å². The minimum atomic E-state index is -4.36. The third-order valence-corrected chi connectivity index (χ3v) is 9.80. The summed E-state index contributed by atoms with van der Waals surface area (Å²) in [6.07, 6.45) is -5.76. The molecular weight excluding hydrogens is 706 g/mol. The largest absolute Gasteiger partial charge is 0.390 e. The first kappa shape index (κ1) is 33.9. The summed E-state index contributed by atoms with van der Waals surface area (Å²) in [5.41, 5.74) is 10.2. The lowest BCUT2D eigenvalue weighted by Gasteiger charge is -2.24. The Morgan fingerprint density at radius 1 is 0.957 bits per heavy atom. The molecule has 0 aliphatic carbocycles. The van der Waals surface area contributed by atoms with Crippen molar-refractivity contribution in [3.8, 4) is 0 Å². The Morgan fingerprint density at radius 3 is 2.11 bits per heavy atom. The highest BCUT2D eigenvalue weighted by atomic mass is 32.7. The Kier molecular flexibility index (Phi) is 9.76. The van der Waals surface area contributed by atoms with E-state index < -0.39 is 88.7 Å². The summed E-state index contributed by atoms with van der Waals surface area (Å²) < 4.78 is 55.2. The quantitative estimate of drug-likeness (QED) is 0.0674. The van der Waals surface area contributed by atoms with Gasteiger partial charge in [0.1, 0.15) is 30.6 Å². The van der Waals surface area contributed by atoms with Crippen LogP contribution >= 0.6 is 40.4 Å². The van der Waals surface area contributed by atoms with Crippen molar-refractivity contribution in [3.63, 3.8) is 0 Å². The third-order valence-electron chi connectivity index (χ3n) is 7.67. The molecule has 0 amide bonds. The highest BCUT2D eigenvalue weighted by Gasteiger charge is 2.50. The number of nitrogen functional groups attached to an aromatic ring is 2. The van der Waals surface area contributed by atoms with Gasteiger partial charge in [-0.1, -0.05) is 12.2 Å². The van der Waals surface area contributed by atoms with Crippen molar-refractivity contribution in [2.45, 2.75) is 49.4 Å². The van der Waals surface area contributed by atoms with Crippen LogP contribution in [0.3, 0.4) is 0 Å². The maximum Gasteiger partial charge on any atom is 0.386 e. The van der Waals surface area contributed by atoms with Gasteiger partial charge in [-0.05, 0) is 12.2 Å². The van der Waals surface area contributed by atoms with Gasteiger partial charge in [0.25, 0.3) is 11.1 Å². The van der Waals surface area contributed by atoms with Gasteiger partial charge in [0.05, 0.1) is 32.0 Å². The van der Waals surface area contributed by atoms with Crippen molar-refractivity contribution in [1.29, 1.82) is 0 Å². The molecule has 0 spiro atoms. The number of H-pyrrole nitrogens is 2. The fourth-order valence-corrected chi connectivity index (χ4v) is 7.60. The van der Waals surface area contributed by atoms with Crippen LogP contribution < -0.4 is 22.6 Å². The monoisotopic (exact) mass is 734 g/mol. The van der Waals surface area contributed by atoms with Gasteiger partial charge in [-0.2, -0.15) is 22.6 Å². The zero-order valence-electron chi connectivity index (χ0n) is 23.8. The molecule has 0 bridgehead atoms. The number of nitrogens with one attached hydrogen (secondary N) is 2. The van der Waals surface area contributed by atoms with Crippen LogP contribution in [0.5, 0.6) is 0 Å². The van der Waals surface area contributed by atoms with Gasteiger partial charge in [-0.25, -0.2) is 19.1 Å². The molecule has 0 saturated carbocycles. The first-order chi connectivity index (χ1) is 22.4. The minimum Gasteiger partial charge on any atom is -0.390 e. The average molecular weight is 735 g/mol. The zero-order chi connectivity index (χ0) is 33.6. The molecule has 25 heteroatoms. The summed E-state index contributed by atoms with van der Waals surface area (Å²) in [5.74, 6) is -0.578. The van der Waals surface area contributed by atoms with E-state index in [0.717, 1.165) is 0 Å². The number of rotatable bonds is 12. The number of imidazole rings is 2. The fourth-order valence-electron chi connectivity index (χ4n) is 5.61. The number of aromatic amines is 2. The molecule has 0 unspecified atom stereocenters. The smallest absolute Gasteiger partial charge is 0.386 e. The van der Waals surface area contributed by atoms with E-state index in [4.69, 9.17) is 34.5 Å². The van der Waals surface area contributed by atoms with E-state index in [0.29, 0.717) is 12.2 Å². The number of anilines is 2. The maximum absolute atomic E-state index is 13.5. The van der Waals surface area contributed by atoms with E-state index in [1.165, 1.54) is 21.8 Å². The standard InChI is InChI=1S/C22H28N10O11P2S2/c23-21-27-15-10(17(35)29-21)25-5-31(15)19-7(1-2-46)12(33)8(41-19)4-40-45(38,47)43-14-9(3-39-44-37)42-20(13(14)34)32-6-26-11-16(32)28-22(24)30-18(11)36/h5-9,12-14,19-20,33-34,46H,1-4H2,(H,38,47)(H3,23,27,29,35)(H3,24,28,30,36)/t7-,8-,9-,12+,13-,14-,19-,20-,45-/m1/s1. The molecule has 6 heterocycles. The van der Waals surface area contributed by atoms with Crippen LogP contribution in [0.15, 0.2) is 22.2 Å². The van der Waals surface area contributed by atoms with Crippen LogP contribution in [-0.4, -0.2) is 98.7 Å².